The first-order valence-electron chi connectivity index (χ1n) is 20.3. The van der Waals surface area contributed by atoms with E-state index >= 15 is 0 Å². The van der Waals surface area contributed by atoms with Crippen LogP contribution in [0.3, 0.4) is 0 Å². The van der Waals surface area contributed by atoms with E-state index < -0.39 is 0 Å². The third-order valence-corrected chi connectivity index (χ3v) is 10.1. The third-order valence-electron chi connectivity index (χ3n) is 10.1. The Labute approximate surface area is 315 Å². The van der Waals surface area contributed by atoms with Gasteiger partial charge in [0.2, 0.25) is 11.8 Å². The number of rotatable bonds is 27. The lowest BCUT2D eigenvalue weighted by atomic mass is 9.79. The number of Topliss-reactive ketones (excluding diaryl/α,β-unsaturated/α-hetero) is 1. The van der Waals surface area contributed by atoms with Crippen LogP contribution in [-0.4, -0.2) is 84.9 Å². The Morgan fingerprint density at radius 3 is 2.17 bits per heavy atom. The molecule has 53 heavy (non-hydrogen) atoms. The van der Waals surface area contributed by atoms with Gasteiger partial charge in [0, 0.05) is 62.7 Å². The highest BCUT2D eigenvalue weighted by Crippen LogP contribution is 2.31. The van der Waals surface area contributed by atoms with Crippen molar-refractivity contribution in [3.63, 3.8) is 0 Å². The molecule has 2 heterocycles. The summed E-state index contributed by atoms with van der Waals surface area (Å²) in [6, 6.07) is 8.08. The molecule has 12 heteroatoms. The second-order valence-electron chi connectivity index (χ2n) is 14.3. The van der Waals surface area contributed by atoms with Crippen LogP contribution in [-0.2, 0) is 41.6 Å². The number of para-hydroxylation sites is 1. The lowest BCUT2D eigenvalue weighted by Gasteiger charge is -2.27. The first kappa shape index (κ1) is 42.1. The number of hydrogen-bond donors (Lipinski definition) is 3. The number of carbonyl (C=O) groups is 3. The van der Waals surface area contributed by atoms with Gasteiger partial charge in [-0.3, -0.25) is 14.4 Å². The first-order chi connectivity index (χ1) is 25.9. The number of carbonyl (C=O) groups excluding carboxylic acids is 3. The Balaban J connectivity index is 1.02. The average molecular weight is 737 g/mol. The number of amides is 2. The minimum atomic E-state index is -0.0207. The number of nitrogens with one attached hydrogen (secondary N) is 2. The van der Waals surface area contributed by atoms with E-state index in [4.69, 9.17) is 24.9 Å². The molecule has 0 aliphatic heterocycles. The van der Waals surface area contributed by atoms with E-state index in [1.165, 1.54) is 0 Å². The van der Waals surface area contributed by atoms with Crippen molar-refractivity contribution >= 4 is 45.4 Å². The molecule has 4 rings (SSSR count). The summed E-state index contributed by atoms with van der Waals surface area (Å²) in [5.74, 6) is 1.96. The molecule has 1 aliphatic carbocycles. The number of nitrogen functional groups attached to an aromatic ring is 1. The fraction of sp³-hybridized carbons (Fsp3) is 0.683. The van der Waals surface area contributed by atoms with Crippen molar-refractivity contribution in [1.82, 2.24) is 25.2 Å². The molecule has 0 atom stereocenters. The molecule has 4 N–H and O–H groups in total. The van der Waals surface area contributed by atoms with E-state index in [1.807, 2.05) is 18.2 Å². The maximum Gasteiger partial charge on any atom is 0.223 e. The van der Waals surface area contributed by atoms with Crippen molar-refractivity contribution in [2.45, 2.75) is 117 Å². The highest BCUT2D eigenvalue weighted by molar-refractivity contribution is 6.06. The number of fused-ring (bicyclic) bond motifs is 3. The summed E-state index contributed by atoms with van der Waals surface area (Å²) in [5, 5.41) is 7.13. The van der Waals surface area contributed by atoms with E-state index in [1.54, 1.807) is 0 Å². The minimum absolute atomic E-state index is 0.0207. The predicted molar refractivity (Wildman–Crippen MR) is 210 cm³/mol. The fourth-order valence-electron chi connectivity index (χ4n) is 7.05. The van der Waals surface area contributed by atoms with Crippen LogP contribution in [0.5, 0.6) is 0 Å². The molecule has 294 valence electrons. The maximum atomic E-state index is 13.0. The molecule has 0 saturated heterocycles. The van der Waals surface area contributed by atoms with Gasteiger partial charge in [0.15, 0.2) is 5.82 Å². The Bertz CT molecular complexity index is 1550. The average Bonchev–Trinajstić information content (AvgIpc) is 3.54. The molecule has 0 unspecified atom stereocenters. The SMILES string of the molecule is CCCCCNC(=O)CCOCCOCCOCCCC(=O)C1CCC(C(=O)NCCCCn2c(CCCC)nc3c(N)nc4ccccc4c32)CC1. The Kier molecular flexibility index (Phi) is 19.0. The summed E-state index contributed by atoms with van der Waals surface area (Å²) >= 11 is 0. The molecule has 1 fully saturated rings. The predicted octanol–water partition coefficient (Wildman–Crippen LogP) is 6.31. The van der Waals surface area contributed by atoms with Crippen LogP contribution in [0.25, 0.3) is 21.9 Å². The quantitative estimate of drug-likeness (QED) is 0.0763. The van der Waals surface area contributed by atoms with Crippen LogP contribution < -0.4 is 16.4 Å². The molecule has 2 amide bonds. The molecule has 1 aromatic carbocycles. The number of unbranched alkanes of at least 4 members (excludes halogenated alkanes) is 4. The van der Waals surface area contributed by atoms with Crippen molar-refractivity contribution < 1.29 is 28.6 Å². The normalized spacial score (nSPS) is 16.0. The number of aromatic nitrogens is 3. The number of ether oxygens (including phenoxy) is 3. The highest BCUT2D eigenvalue weighted by atomic mass is 16.5. The molecule has 3 aromatic rings. The van der Waals surface area contributed by atoms with Crippen molar-refractivity contribution in [2.24, 2.45) is 11.8 Å². The van der Waals surface area contributed by atoms with Gasteiger partial charge in [-0.2, -0.15) is 0 Å². The smallest absolute Gasteiger partial charge is 0.223 e. The fourth-order valence-corrected chi connectivity index (χ4v) is 7.05. The zero-order valence-corrected chi connectivity index (χ0v) is 32.3. The first-order valence-corrected chi connectivity index (χ1v) is 20.3. The largest absolute Gasteiger partial charge is 0.382 e. The zero-order valence-electron chi connectivity index (χ0n) is 32.3. The summed E-state index contributed by atoms with van der Waals surface area (Å²) < 4.78 is 18.9. The van der Waals surface area contributed by atoms with Crippen LogP contribution in [0.2, 0.25) is 0 Å². The lowest BCUT2D eigenvalue weighted by molar-refractivity contribution is -0.129. The Morgan fingerprint density at radius 1 is 0.755 bits per heavy atom. The molecule has 12 nitrogen and oxygen atoms in total. The van der Waals surface area contributed by atoms with Crippen LogP contribution in [0.15, 0.2) is 24.3 Å². The van der Waals surface area contributed by atoms with Crippen molar-refractivity contribution in [3.05, 3.63) is 30.1 Å². The zero-order chi connectivity index (χ0) is 37.7. The van der Waals surface area contributed by atoms with Crippen LogP contribution in [0.4, 0.5) is 5.82 Å². The summed E-state index contributed by atoms with van der Waals surface area (Å²) in [6.07, 6.45) is 12.7. The molecule has 2 aromatic heterocycles. The van der Waals surface area contributed by atoms with Gasteiger partial charge in [0.1, 0.15) is 17.1 Å². The Morgan fingerprint density at radius 2 is 1.42 bits per heavy atom. The topological polar surface area (TPSA) is 160 Å². The molecular weight excluding hydrogens is 672 g/mol. The van der Waals surface area contributed by atoms with Gasteiger partial charge in [0.25, 0.3) is 0 Å². The molecular formula is C41H64N6O6. The lowest BCUT2D eigenvalue weighted by Crippen LogP contribution is -2.35. The van der Waals surface area contributed by atoms with E-state index in [0.29, 0.717) is 71.3 Å². The Hall–Kier alpha value is -3.61. The van der Waals surface area contributed by atoms with E-state index in [0.717, 1.165) is 118 Å². The summed E-state index contributed by atoms with van der Waals surface area (Å²) in [7, 11) is 0. The number of benzene rings is 1. The second-order valence-corrected chi connectivity index (χ2v) is 14.3. The van der Waals surface area contributed by atoms with Gasteiger partial charge in [-0.1, -0.05) is 51.3 Å². The maximum absolute atomic E-state index is 13.0. The monoisotopic (exact) mass is 736 g/mol. The molecule has 0 bridgehead atoms. The third kappa shape index (κ3) is 14.0. The molecule has 0 spiro atoms. The number of pyridine rings is 1. The van der Waals surface area contributed by atoms with Crippen LogP contribution in [0.1, 0.15) is 110 Å². The highest BCUT2D eigenvalue weighted by Gasteiger charge is 2.29. The number of imidazole rings is 1. The summed E-state index contributed by atoms with van der Waals surface area (Å²) in [5.41, 5.74) is 9.05. The minimum Gasteiger partial charge on any atom is -0.382 e. The number of nitrogens with two attached hydrogens (primary N) is 1. The standard InChI is InChI=1S/C41H64N6O6/c1-3-5-9-22-43-37(49)21-26-52-28-30-53-29-27-51-25-12-15-35(48)31-17-19-32(20-18-31)41(50)44-23-10-11-24-47-36(16-6-4-2)46-38-39(47)33-13-7-8-14-34(33)45-40(38)42/h7-8,13-14,31-32H,3-6,9-12,15-30H2,1-2H3,(H2,42,45)(H,43,49)(H,44,50). The molecule has 0 radical (unpaired) electrons. The van der Waals surface area contributed by atoms with Crippen molar-refractivity contribution in [3.8, 4) is 0 Å². The second kappa shape index (κ2) is 23.9. The summed E-state index contributed by atoms with van der Waals surface area (Å²) in [6.45, 7) is 9.25. The van der Waals surface area contributed by atoms with E-state index in [9.17, 15) is 14.4 Å². The number of anilines is 1. The van der Waals surface area contributed by atoms with E-state index in [-0.39, 0.29) is 29.4 Å². The number of aryl methyl sites for hydroxylation is 2. The van der Waals surface area contributed by atoms with Crippen LogP contribution >= 0.6 is 0 Å². The van der Waals surface area contributed by atoms with Crippen molar-refractivity contribution in [1.29, 1.82) is 0 Å². The van der Waals surface area contributed by atoms with Gasteiger partial charge in [-0.25, -0.2) is 9.97 Å². The molecule has 1 aliphatic rings. The van der Waals surface area contributed by atoms with Gasteiger partial charge in [-0.15, -0.1) is 0 Å². The molecule has 1 saturated carbocycles. The number of hydrogen-bond acceptors (Lipinski definition) is 9. The number of ketones is 1. The van der Waals surface area contributed by atoms with Gasteiger partial charge < -0.3 is 35.1 Å². The van der Waals surface area contributed by atoms with Gasteiger partial charge >= 0.3 is 0 Å². The number of nitrogens with zero attached hydrogens (tertiary/aromatic N) is 3. The van der Waals surface area contributed by atoms with Gasteiger partial charge in [-0.05, 0) is 63.9 Å². The van der Waals surface area contributed by atoms with Crippen LogP contribution in [0, 0.1) is 11.8 Å². The summed E-state index contributed by atoms with van der Waals surface area (Å²) in [4.78, 5) is 47.0. The van der Waals surface area contributed by atoms with Crippen molar-refractivity contribution in [2.75, 3.05) is 58.5 Å². The van der Waals surface area contributed by atoms with Gasteiger partial charge in [0.05, 0.1) is 44.1 Å². The van der Waals surface area contributed by atoms with E-state index in [2.05, 4.69) is 40.1 Å².